The highest BCUT2D eigenvalue weighted by atomic mass is 16.5. The van der Waals surface area contributed by atoms with Crippen molar-refractivity contribution in [1.82, 2.24) is 15.2 Å². The maximum Gasteiger partial charge on any atom is 0.193 e. The Hall–Kier alpha value is -2.60. The van der Waals surface area contributed by atoms with Crippen molar-refractivity contribution in [2.45, 2.75) is 38.8 Å². The van der Waals surface area contributed by atoms with Crippen molar-refractivity contribution in [3.8, 4) is 0 Å². The van der Waals surface area contributed by atoms with Crippen LogP contribution in [-0.2, 0) is 11.3 Å². The standard InChI is InChI=1S/C25H35N5O/c1-19-17-30(12-11-23(19)22-7-5-4-6-8-22)25(26-3)28-16-21-9-10-24(27-15-21)29-13-14-31-20(2)18-29/h4-10,15,19-20,23H,11-14,16-18H2,1-3H3,(H,26,28). The summed E-state index contributed by atoms with van der Waals surface area (Å²) in [6.07, 6.45) is 3.38. The van der Waals surface area contributed by atoms with Gasteiger partial charge in [-0.1, -0.05) is 43.3 Å². The number of benzene rings is 1. The number of nitrogens with zero attached hydrogens (tertiary/aromatic N) is 4. The summed E-state index contributed by atoms with van der Waals surface area (Å²) >= 11 is 0. The minimum Gasteiger partial charge on any atom is -0.375 e. The number of anilines is 1. The highest BCUT2D eigenvalue weighted by molar-refractivity contribution is 5.80. The molecule has 3 unspecified atom stereocenters. The number of piperidine rings is 1. The molecular weight excluding hydrogens is 386 g/mol. The van der Waals surface area contributed by atoms with Crippen molar-refractivity contribution in [2.24, 2.45) is 10.9 Å². The predicted molar refractivity (Wildman–Crippen MR) is 127 cm³/mol. The molecular formula is C25H35N5O. The molecule has 2 fully saturated rings. The SMILES string of the molecule is CN=C(NCc1ccc(N2CCOC(C)C2)nc1)N1CCC(c2ccccc2)C(C)C1. The fourth-order valence-electron chi connectivity index (χ4n) is 4.78. The van der Waals surface area contributed by atoms with Crippen molar-refractivity contribution >= 4 is 11.8 Å². The molecule has 1 N–H and O–H groups in total. The Bertz CT molecular complexity index is 854. The zero-order valence-corrected chi connectivity index (χ0v) is 19.0. The lowest BCUT2D eigenvalue weighted by Gasteiger charge is -2.39. The molecule has 2 saturated heterocycles. The van der Waals surface area contributed by atoms with Gasteiger partial charge in [-0.05, 0) is 42.4 Å². The van der Waals surface area contributed by atoms with E-state index in [1.165, 1.54) is 11.1 Å². The summed E-state index contributed by atoms with van der Waals surface area (Å²) in [5.74, 6) is 3.21. The van der Waals surface area contributed by atoms with E-state index in [1.807, 2.05) is 13.2 Å². The fraction of sp³-hybridized carbons (Fsp3) is 0.520. The number of ether oxygens (including phenoxy) is 1. The summed E-state index contributed by atoms with van der Waals surface area (Å²) in [5, 5.41) is 3.54. The lowest BCUT2D eigenvalue weighted by atomic mass is 9.82. The molecule has 2 aliphatic rings. The minimum atomic E-state index is 0.258. The van der Waals surface area contributed by atoms with Crippen LogP contribution in [0.5, 0.6) is 0 Å². The molecule has 6 heteroatoms. The molecule has 1 aromatic heterocycles. The molecule has 2 aliphatic heterocycles. The molecule has 0 aliphatic carbocycles. The van der Waals surface area contributed by atoms with E-state index in [9.17, 15) is 0 Å². The number of nitrogens with one attached hydrogen (secondary N) is 1. The van der Waals surface area contributed by atoms with E-state index in [1.54, 1.807) is 0 Å². The average molecular weight is 422 g/mol. The first-order chi connectivity index (χ1) is 15.1. The zero-order valence-electron chi connectivity index (χ0n) is 19.0. The first-order valence-electron chi connectivity index (χ1n) is 11.5. The fourth-order valence-corrected chi connectivity index (χ4v) is 4.78. The number of pyridine rings is 1. The maximum absolute atomic E-state index is 5.63. The molecule has 3 heterocycles. The number of morpholine rings is 1. The number of hydrogen-bond donors (Lipinski definition) is 1. The van der Waals surface area contributed by atoms with Gasteiger partial charge in [0.05, 0.1) is 12.7 Å². The van der Waals surface area contributed by atoms with Crippen LogP contribution in [-0.4, -0.2) is 61.8 Å². The van der Waals surface area contributed by atoms with Crippen LogP contribution in [0.3, 0.4) is 0 Å². The molecule has 0 radical (unpaired) electrons. The highest BCUT2D eigenvalue weighted by Crippen LogP contribution is 2.32. The second-order valence-corrected chi connectivity index (χ2v) is 8.78. The van der Waals surface area contributed by atoms with E-state index in [0.29, 0.717) is 11.8 Å². The molecule has 0 spiro atoms. The summed E-state index contributed by atoms with van der Waals surface area (Å²) in [5.41, 5.74) is 2.62. The molecule has 31 heavy (non-hydrogen) atoms. The van der Waals surface area contributed by atoms with Crippen molar-refractivity contribution in [1.29, 1.82) is 0 Å². The molecule has 0 bridgehead atoms. The molecule has 3 atom stereocenters. The minimum absolute atomic E-state index is 0.258. The second kappa shape index (κ2) is 10.1. The monoisotopic (exact) mass is 421 g/mol. The topological polar surface area (TPSA) is 53.0 Å². The first kappa shape index (κ1) is 21.6. The molecule has 0 amide bonds. The first-order valence-corrected chi connectivity index (χ1v) is 11.5. The summed E-state index contributed by atoms with van der Waals surface area (Å²) in [4.78, 5) is 13.9. The molecule has 4 rings (SSSR count). The normalized spacial score (nSPS) is 24.9. The summed E-state index contributed by atoms with van der Waals surface area (Å²) in [6, 6.07) is 15.2. The van der Waals surface area contributed by atoms with E-state index in [-0.39, 0.29) is 6.10 Å². The number of aromatic nitrogens is 1. The van der Waals surface area contributed by atoms with Gasteiger partial charge < -0.3 is 19.9 Å². The number of likely N-dealkylation sites (tertiary alicyclic amines) is 1. The van der Waals surface area contributed by atoms with Crippen molar-refractivity contribution < 1.29 is 4.74 Å². The number of rotatable bonds is 4. The van der Waals surface area contributed by atoms with Crippen LogP contribution >= 0.6 is 0 Å². The van der Waals surface area contributed by atoms with Gasteiger partial charge in [-0.15, -0.1) is 0 Å². The third-order valence-electron chi connectivity index (χ3n) is 6.47. The van der Waals surface area contributed by atoms with Gasteiger partial charge in [0, 0.05) is 46.0 Å². The van der Waals surface area contributed by atoms with E-state index in [2.05, 4.69) is 81.4 Å². The van der Waals surface area contributed by atoms with E-state index < -0.39 is 0 Å². The van der Waals surface area contributed by atoms with Crippen LogP contribution in [0.25, 0.3) is 0 Å². The van der Waals surface area contributed by atoms with Crippen molar-refractivity contribution in [3.05, 3.63) is 59.8 Å². The van der Waals surface area contributed by atoms with E-state index in [4.69, 9.17) is 4.74 Å². The second-order valence-electron chi connectivity index (χ2n) is 8.78. The van der Waals surface area contributed by atoms with Gasteiger partial charge in [0.2, 0.25) is 0 Å². The van der Waals surface area contributed by atoms with Gasteiger partial charge in [0.25, 0.3) is 0 Å². The van der Waals surface area contributed by atoms with Gasteiger partial charge >= 0.3 is 0 Å². The Kier molecular flexibility index (Phi) is 7.07. The van der Waals surface area contributed by atoms with Crippen LogP contribution in [0.2, 0.25) is 0 Å². The van der Waals surface area contributed by atoms with Crippen LogP contribution in [0.1, 0.15) is 37.3 Å². The quantitative estimate of drug-likeness (QED) is 0.605. The predicted octanol–water partition coefficient (Wildman–Crippen LogP) is 3.51. The van der Waals surface area contributed by atoms with Crippen LogP contribution in [0.4, 0.5) is 5.82 Å². The summed E-state index contributed by atoms with van der Waals surface area (Å²) in [6.45, 7) is 9.80. The van der Waals surface area contributed by atoms with Gasteiger partial charge in [0.15, 0.2) is 5.96 Å². The van der Waals surface area contributed by atoms with Crippen molar-refractivity contribution in [2.75, 3.05) is 44.7 Å². The lowest BCUT2D eigenvalue weighted by Crippen LogP contribution is -2.47. The molecule has 6 nitrogen and oxygen atoms in total. The highest BCUT2D eigenvalue weighted by Gasteiger charge is 2.28. The third kappa shape index (κ3) is 5.37. The Morgan fingerprint density at radius 1 is 1.13 bits per heavy atom. The average Bonchev–Trinajstić information content (AvgIpc) is 2.80. The summed E-state index contributed by atoms with van der Waals surface area (Å²) in [7, 11) is 1.87. The van der Waals surface area contributed by atoms with E-state index >= 15 is 0 Å². The number of hydrogen-bond acceptors (Lipinski definition) is 4. The molecule has 2 aromatic rings. The zero-order chi connectivity index (χ0) is 21.6. The number of guanidine groups is 1. The van der Waals surface area contributed by atoms with Crippen molar-refractivity contribution in [3.63, 3.8) is 0 Å². The van der Waals surface area contributed by atoms with Gasteiger partial charge in [0.1, 0.15) is 5.82 Å². The van der Waals surface area contributed by atoms with E-state index in [0.717, 1.165) is 57.5 Å². The van der Waals surface area contributed by atoms with Gasteiger partial charge in [-0.25, -0.2) is 4.98 Å². The molecule has 1 aromatic carbocycles. The van der Waals surface area contributed by atoms with Crippen LogP contribution in [0.15, 0.2) is 53.7 Å². The lowest BCUT2D eigenvalue weighted by molar-refractivity contribution is 0.0529. The molecule has 166 valence electrons. The Labute approximate surface area is 186 Å². The Morgan fingerprint density at radius 2 is 1.97 bits per heavy atom. The Balaban J connectivity index is 1.31. The van der Waals surface area contributed by atoms with Crippen LogP contribution < -0.4 is 10.2 Å². The Morgan fingerprint density at radius 3 is 2.65 bits per heavy atom. The van der Waals surface area contributed by atoms with Crippen LogP contribution in [0, 0.1) is 5.92 Å². The summed E-state index contributed by atoms with van der Waals surface area (Å²) < 4.78 is 5.63. The van der Waals surface area contributed by atoms with Gasteiger partial charge in [-0.3, -0.25) is 4.99 Å². The smallest absolute Gasteiger partial charge is 0.193 e. The molecule has 0 saturated carbocycles. The number of aliphatic imine (C=N–C) groups is 1. The maximum atomic E-state index is 5.63. The van der Waals surface area contributed by atoms with Gasteiger partial charge in [-0.2, -0.15) is 0 Å². The largest absolute Gasteiger partial charge is 0.375 e. The third-order valence-corrected chi connectivity index (χ3v) is 6.47.